The summed E-state index contributed by atoms with van der Waals surface area (Å²) in [6, 6.07) is 6.47. The second kappa shape index (κ2) is 14.3. The highest BCUT2D eigenvalue weighted by atomic mass is 19.1. The molecule has 0 aliphatic heterocycles. The van der Waals surface area contributed by atoms with Gasteiger partial charge in [-0.25, -0.2) is 4.39 Å². The first kappa shape index (κ1) is 24.5. The van der Waals surface area contributed by atoms with E-state index in [4.69, 9.17) is 4.74 Å². The molecule has 0 saturated heterocycles. The summed E-state index contributed by atoms with van der Waals surface area (Å²) in [6.45, 7) is 6.69. The number of amides is 1. The van der Waals surface area contributed by atoms with Crippen LogP contribution in [0.1, 0.15) is 63.4 Å². The van der Waals surface area contributed by atoms with Gasteiger partial charge in [-0.05, 0) is 75.7 Å². The van der Waals surface area contributed by atoms with Gasteiger partial charge in [0.05, 0.1) is 12.5 Å². The highest BCUT2D eigenvalue weighted by Crippen LogP contribution is 2.25. The third-order valence-electron chi connectivity index (χ3n) is 5.98. The zero-order valence-electron chi connectivity index (χ0n) is 18.6. The number of unbranched alkanes of at least 4 members (excludes halogenated alkanes) is 3. The number of rotatable bonds is 14. The standard InChI is InChI=1S/C25H39FN2O2/c1-3-4-17-27-18-7-5-6-8-19-30-24-15-13-23(14-16-24)28(2)25(29)20-21-9-11-22(26)12-10-21/h3,9-12,23-24,27H,1,4-8,13-20H2,2H3. The average molecular weight is 419 g/mol. The Morgan fingerprint density at radius 2 is 1.83 bits per heavy atom. The van der Waals surface area contributed by atoms with E-state index >= 15 is 0 Å². The monoisotopic (exact) mass is 418 g/mol. The van der Waals surface area contributed by atoms with E-state index < -0.39 is 0 Å². The summed E-state index contributed by atoms with van der Waals surface area (Å²) in [6.07, 6.45) is 12.5. The fraction of sp³-hybridized carbons (Fsp3) is 0.640. The topological polar surface area (TPSA) is 41.6 Å². The SMILES string of the molecule is C=CCCNCCCCCCOC1CCC(N(C)C(=O)Cc2ccc(F)cc2)CC1. The summed E-state index contributed by atoms with van der Waals surface area (Å²) in [5, 5.41) is 3.42. The number of benzene rings is 1. The quantitative estimate of drug-likeness (QED) is 0.346. The molecule has 1 aromatic carbocycles. The maximum absolute atomic E-state index is 13.0. The molecule has 4 nitrogen and oxygen atoms in total. The Labute approximate surface area is 181 Å². The summed E-state index contributed by atoms with van der Waals surface area (Å²) in [4.78, 5) is 14.4. The molecule has 0 heterocycles. The number of carbonyl (C=O) groups is 1. The molecule has 1 aromatic rings. The Kier molecular flexibility index (Phi) is 11.7. The predicted molar refractivity (Wildman–Crippen MR) is 121 cm³/mol. The normalized spacial score (nSPS) is 18.9. The van der Waals surface area contributed by atoms with Gasteiger partial charge in [-0.15, -0.1) is 6.58 Å². The number of hydrogen-bond acceptors (Lipinski definition) is 3. The number of likely N-dealkylation sites (N-methyl/N-ethyl adjacent to an activating group) is 1. The maximum atomic E-state index is 13.0. The van der Waals surface area contributed by atoms with Crippen LogP contribution in [0.3, 0.4) is 0 Å². The van der Waals surface area contributed by atoms with Crippen LogP contribution in [0, 0.1) is 5.82 Å². The van der Waals surface area contributed by atoms with Crippen LogP contribution in [0.2, 0.25) is 0 Å². The molecule has 1 fully saturated rings. The molecule has 0 spiro atoms. The molecule has 168 valence electrons. The Morgan fingerprint density at radius 3 is 2.53 bits per heavy atom. The highest BCUT2D eigenvalue weighted by Gasteiger charge is 2.26. The molecular formula is C25H39FN2O2. The molecule has 30 heavy (non-hydrogen) atoms. The van der Waals surface area contributed by atoms with E-state index in [0.717, 1.165) is 63.8 Å². The lowest BCUT2D eigenvalue weighted by Gasteiger charge is -2.34. The van der Waals surface area contributed by atoms with Crippen molar-refractivity contribution < 1.29 is 13.9 Å². The molecule has 5 heteroatoms. The Balaban J connectivity index is 1.52. The van der Waals surface area contributed by atoms with Crippen molar-refractivity contribution in [2.75, 3.05) is 26.7 Å². The zero-order valence-corrected chi connectivity index (χ0v) is 18.6. The minimum Gasteiger partial charge on any atom is -0.378 e. The molecule has 2 rings (SSSR count). The molecule has 0 bridgehead atoms. The van der Waals surface area contributed by atoms with Gasteiger partial charge in [0.25, 0.3) is 0 Å². The summed E-state index contributed by atoms with van der Waals surface area (Å²) >= 11 is 0. The Morgan fingerprint density at radius 1 is 1.13 bits per heavy atom. The van der Waals surface area contributed by atoms with Crippen molar-refractivity contribution >= 4 is 5.91 Å². The van der Waals surface area contributed by atoms with Gasteiger partial charge in [0, 0.05) is 19.7 Å². The van der Waals surface area contributed by atoms with Crippen molar-refractivity contribution in [2.24, 2.45) is 0 Å². The van der Waals surface area contributed by atoms with E-state index in [-0.39, 0.29) is 17.8 Å². The van der Waals surface area contributed by atoms with E-state index in [1.165, 1.54) is 31.4 Å². The lowest BCUT2D eigenvalue weighted by Crippen LogP contribution is -2.41. The van der Waals surface area contributed by atoms with Crippen molar-refractivity contribution in [3.63, 3.8) is 0 Å². The van der Waals surface area contributed by atoms with Crippen molar-refractivity contribution in [1.82, 2.24) is 10.2 Å². The number of carbonyl (C=O) groups excluding carboxylic acids is 1. The van der Waals surface area contributed by atoms with Crippen molar-refractivity contribution in [3.8, 4) is 0 Å². The van der Waals surface area contributed by atoms with Gasteiger partial charge in [0.1, 0.15) is 5.82 Å². The van der Waals surface area contributed by atoms with Crippen molar-refractivity contribution in [3.05, 3.63) is 48.3 Å². The first-order valence-electron chi connectivity index (χ1n) is 11.5. The fourth-order valence-corrected chi connectivity index (χ4v) is 3.99. The van der Waals surface area contributed by atoms with E-state index in [9.17, 15) is 9.18 Å². The van der Waals surface area contributed by atoms with Crippen molar-refractivity contribution in [1.29, 1.82) is 0 Å². The van der Waals surface area contributed by atoms with Gasteiger partial charge in [0.2, 0.25) is 5.91 Å². The number of nitrogens with zero attached hydrogens (tertiary/aromatic N) is 1. The lowest BCUT2D eigenvalue weighted by atomic mass is 9.91. The molecule has 1 N–H and O–H groups in total. The average Bonchev–Trinajstić information content (AvgIpc) is 2.76. The Bertz CT molecular complexity index is 612. The minimum atomic E-state index is -0.269. The summed E-state index contributed by atoms with van der Waals surface area (Å²) in [7, 11) is 1.89. The molecular weight excluding hydrogens is 379 g/mol. The summed E-state index contributed by atoms with van der Waals surface area (Å²) in [5.41, 5.74) is 0.859. The Hall–Kier alpha value is -1.72. The van der Waals surface area contributed by atoms with Crippen LogP contribution >= 0.6 is 0 Å². The number of nitrogens with one attached hydrogen (secondary N) is 1. The highest BCUT2D eigenvalue weighted by molar-refractivity contribution is 5.78. The fourth-order valence-electron chi connectivity index (χ4n) is 3.99. The molecule has 1 amide bonds. The van der Waals surface area contributed by atoms with Gasteiger partial charge in [0.15, 0.2) is 0 Å². The van der Waals surface area contributed by atoms with E-state index in [0.29, 0.717) is 12.5 Å². The van der Waals surface area contributed by atoms with Crippen LogP contribution in [0.15, 0.2) is 36.9 Å². The largest absolute Gasteiger partial charge is 0.378 e. The molecule has 0 unspecified atom stereocenters. The molecule has 1 aliphatic carbocycles. The van der Waals surface area contributed by atoms with Crippen molar-refractivity contribution in [2.45, 2.75) is 76.4 Å². The van der Waals surface area contributed by atoms with Crippen LogP contribution in [-0.2, 0) is 16.0 Å². The molecule has 1 aliphatic rings. The van der Waals surface area contributed by atoms with E-state index in [2.05, 4.69) is 11.9 Å². The summed E-state index contributed by atoms with van der Waals surface area (Å²) in [5.74, 6) is -0.168. The van der Waals surface area contributed by atoms with Crippen LogP contribution < -0.4 is 5.32 Å². The number of halogens is 1. The first-order valence-corrected chi connectivity index (χ1v) is 11.5. The first-order chi connectivity index (χ1) is 14.6. The van der Waals surface area contributed by atoms with Gasteiger partial charge in [-0.1, -0.05) is 31.1 Å². The van der Waals surface area contributed by atoms with Crippen LogP contribution in [0.4, 0.5) is 4.39 Å². The smallest absolute Gasteiger partial charge is 0.226 e. The molecule has 0 atom stereocenters. The third-order valence-corrected chi connectivity index (χ3v) is 5.98. The predicted octanol–water partition coefficient (Wildman–Crippen LogP) is 4.88. The molecule has 1 saturated carbocycles. The minimum absolute atomic E-state index is 0.102. The van der Waals surface area contributed by atoms with Gasteiger partial charge < -0.3 is 15.0 Å². The summed E-state index contributed by atoms with van der Waals surface area (Å²) < 4.78 is 19.1. The maximum Gasteiger partial charge on any atom is 0.226 e. The second-order valence-corrected chi connectivity index (χ2v) is 8.35. The second-order valence-electron chi connectivity index (χ2n) is 8.35. The van der Waals surface area contributed by atoms with E-state index in [1.54, 1.807) is 12.1 Å². The third kappa shape index (κ3) is 9.40. The van der Waals surface area contributed by atoms with Gasteiger partial charge in [-0.2, -0.15) is 0 Å². The molecule has 0 aromatic heterocycles. The van der Waals surface area contributed by atoms with Crippen LogP contribution in [-0.4, -0.2) is 49.7 Å². The van der Waals surface area contributed by atoms with Crippen LogP contribution in [0.25, 0.3) is 0 Å². The number of hydrogen-bond donors (Lipinski definition) is 1. The zero-order chi connectivity index (χ0) is 21.6. The van der Waals surface area contributed by atoms with Crippen LogP contribution in [0.5, 0.6) is 0 Å². The van der Waals surface area contributed by atoms with Gasteiger partial charge >= 0.3 is 0 Å². The van der Waals surface area contributed by atoms with Gasteiger partial charge in [-0.3, -0.25) is 4.79 Å². The van der Waals surface area contributed by atoms with E-state index in [1.807, 2.05) is 18.0 Å². The number of ether oxygens (including phenoxy) is 1. The lowest BCUT2D eigenvalue weighted by molar-refractivity contribution is -0.132. The molecule has 0 radical (unpaired) electrons.